The van der Waals surface area contributed by atoms with Crippen molar-refractivity contribution in [1.82, 2.24) is 4.90 Å². The summed E-state index contributed by atoms with van der Waals surface area (Å²) < 4.78 is 0. The summed E-state index contributed by atoms with van der Waals surface area (Å²) in [6, 6.07) is -0.259. The summed E-state index contributed by atoms with van der Waals surface area (Å²) in [5, 5.41) is 26.6. The molecule has 0 aliphatic carbocycles. The molecule has 0 aromatic carbocycles. The Kier molecular flexibility index (Phi) is 2.62. The third kappa shape index (κ3) is 1.29. The van der Waals surface area contributed by atoms with Gasteiger partial charge in [-0.25, -0.2) is 0 Å². The molecule has 1 fully saturated rings. The van der Waals surface area contributed by atoms with E-state index >= 15 is 0 Å². The monoisotopic (exact) mass is 147 g/mol. The zero-order valence-corrected chi connectivity index (χ0v) is 5.77. The highest BCUT2D eigenvalue weighted by atomic mass is 16.3. The van der Waals surface area contributed by atoms with Gasteiger partial charge in [-0.1, -0.05) is 0 Å². The van der Waals surface area contributed by atoms with Gasteiger partial charge in [-0.05, 0) is 6.42 Å². The van der Waals surface area contributed by atoms with Crippen LogP contribution in [-0.4, -0.2) is 52.2 Å². The maximum absolute atomic E-state index is 9.18. The number of aliphatic hydroxyl groups is 3. The van der Waals surface area contributed by atoms with E-state index in [1.165, 1.54) is 0 Å². The van der Waals surface area contributed by atoms with Crippen LogP contribution in [0.15, 0.2) is 0 Å². The highest BCUT2D eigenvalue weighted by Crippen LogP contribution is 2.15. The lowest BCUT2D eigenvalue weighted by atomic mass is 10.2. The first-order valence-corrected chi connectivity index (χ1v) is 3.43. The summed E-state index contributed by atoms with van der Waals surface area (Å²) in [7, 11) is 0. The van der Waals surface area contributed by atoms with Gasteiger partial charge in [-0.15, -0.1) is 0 Å². The normalized spacial score (nSPS) is 35.1. The van der Waals surface area contributed by atoms with Crippen molar-refractivity contribution in [2.45, 2.75) is 18.6 Å². The highest BCUT2D eigenvalue weighted by Gasteiger charge is 2.31. The molecule has 1 aliphatic rings. The maximum Gasteiger partial charge on any atom is 0.0960 e. The fourth-order valence-corrected chi connectivity index (χ4v) is 1.31. The van der Waals surface area contributed by atoms with Gasteiger partial charge in [0.1, 0.15) is 0 Å². The molecule has 0 aromatic rings. The summed E-state index contributed by atoms with van der Waals surface area (Å²) in [4.78, 5) is 1.66. The number of hydrogen-bond donors (Lipinski definition) is 3. The molecule has 2 atom stereocenters. The lowest BCUT2D eigenvalue weighted by Crippen LogP contribution is -2.38. The Morgan fingerprint density at radius 1 is 1.40 bits per heavy atom. The van der Waals surface area contributed by atoms with Crippen molar-refractivity contribution >= 4 is 0 Å². The molecule has 1 rings (SSSR count). The smallest absolute Gasteiger partial charge is 0.0960 e. The maximum atomic E-state index is 9.18. The molecule has 0 amide bonds. The molecule has 0 aromatic heterocycles. The van der Waals surface area contributed by atoms with Gasteiger partial charge in [-0.3, -0.25) is 4.90 Å². The molecule has 60 valence electrons. The highest BCUT2D eigenvalue weighted by molar-refractivity contribution is 4.84. The fourth-order valence-electron chi connectivity index (χ4n) is 1.31. The van der Waals surface area contributed by atoms with Crippen LogP contribution in [0.1, 0.15) is 6.42 Å². The van der Waals surface area contributed by atoms with Crippen LogP contribution in [0.3, 0.4) is 0 Å². The van der Waals surface area contributed by atoms with Crippen molar-refractivity contribution in [2.75, 3.05) is 19.9 Å². The van der Waals surface area contributed by atoms with Crippen LogP contribution in [0, 0.1) is 0 Å². The van der Waals surface area contributed by atoms with Crippen molar-refractivity contribution in [3.8, 4) is 0 Å². The van der Waals surface area contributed by atoms with Crippen LogP contribution in [0.5, 0.6) is 0 Å². The Hall–Kier alpha value is -0.160. The van der Waals surface area contributed by atoms with E-state index in [1.54, 1.807) is 4.90 Å². The van der Waals surface area contributed by atoms with Gasteiger partial charge in [0.15, 0.2) is 0 Å². The fraction of sp³-hybridized carbons (Fsp3) is 1.00. The molecule has 0 spiro atoms. The molecule has 4 heteroatoms. The van der Waals surface area contributed by atoms with Crippen molar-refractivity contribution < 1.29 is 15.3 Å². The molecule has 3 N–H and O–H groups in total. The molecule has 1 saturated heterocycles. The standard InChI is InChI=1S/C6H13NO3/c8-3-5-6(10)1-2-7(5)4-9/h5-6,8-10H,1-4H2/t5-,6+/m1/s1. The Labute approximate surface area is 59.7 Å². The third-order valence-corrected chi connectivity index (χ3v) is 1.99. The first-order chi connectivity index (χ1) is 4.79. The second-order valence-electron chi connectivity index (χ2n) is 2.56. The largest absolute Gasteiger partial charge is 0.395 e. The van der Waals surface area contributed by atoms with Crippen LogP contribution >= 0.6 is 0 Å². The zero-order chi connectivity index (χ0) is 7.56. The minimum absolute atomic E-state index is 0.0811. The van der Waals surface area contributed by atoms with Crippen molar-refractivity contribution in [2.24, 2.45) is 0 Å². The molecule has 1 heterocycles. The Bertz CT molecular complexity index is 109. The molecule has 10 heavy (non-hydrogen) atoms. The second kappa shape index (κ2) is 3.30. The van der Waals surface area contributed by atoms with Crippen LogP contribution in [0.25, 0.3) is 0 Å². The van der Waals surface area contributed by atoms with Gasteiger partial charge in [0.05, 0.1) is 25.5 Å². The third-order valence-electron chi connectivity index (χ3n) is 1.99. The molecule has 4 nitrogen and oxygen atoms in total. The summed E-state index contributed by atoms with van der Waals surface area (Å²) in [5.41, 5.74) is 0. The lowest BCUT2D eigenvalue weighted by molar-refractivity contribution is 0.0267. The topological polar surface area (TPSA) is 63.9 Å². The summed E-state index contributed by atoms with van der Waals surface area (Å²) >= 11 is 0. The molecule has 0 saturated carbocycles. The van der Waals surface area contributed by atoms with Crippen LogP contribution in [-0.2, 0) is 0 Å². The quantitative estimate of drug-likeness (QED) is 0.438. The summed E-state index contributed by atoms with van der Waals surface area (Å²) in [6.07, 6.45) is 0.170. The summed E-state index contributed by atoms with van der Waals surface area (Å²) in [5.74, 6) is 0. The van der Waals surface area contributed by atoms with Gasteiger partial charge in [0.2, 0.25) is 0 Å². The molecular formula is C6H13NO3. The summed E-state index contributed by atoms with van der Waals surface area (Å²) in [6.45, 7) is 0.507. The van der Waals surface area contributed by atoms with E-state index in [2.05, 4.69) is 0 Å². The predicted octanol–water partition coefficient (Wildman–Crippen LogP) is -1.64. The molecule has 0 radical (unpaired) electrons. The van der Waals surface area contributed by atoms with E-state index < -0.39 is 6.10 Å². The minimum atomic E-state index is -0.475. The van der Waals surface area contributed by atoms with Crippen LogP contribution < -0.4 is 0 Å². The lowest BCUT2D eigenvalue weighted by Gasteiger charge is -2.21. The average molecular weight is 147 g/mol. The number of hydrogen-bond acceptors (Lipinski definition) is 4. The Balaban J connectivity index is 2.45. The van der Waals surface area contributed by atoms with E-state index in [4.69, 9.17) is 10.2 Å². The van der Waals surface area contributed by atoms with E-state index in [-0.39, 0.29) is 19.4 Å². The van der Waals surface area contributed by atoms with E-state index in [0.29, 0.717) is 13.0 Å². The molecule has 0 bridgehead atoms. The van der Waals surface area contributed by atoms with E-state index in [0.717, 1.165) is 0 Å². The number of nitrogens with zero attached hydrogens (tertiary/aromatic N) is 1. The molecule has 1 aliphatic heterocycles. The first kappa shape index (κ1) is 7.94. The number of rotatable bonds is 2. The van der Waals surface area contributed by atoms with Gasteiger partial charge in [0.25, 0.3) is 0 Å². The van der Waals surface area contributed by atoms with Crippen LogP contribution in [0.2, 0.25) is 0 Å². The van der Waals surface area contributed by atoms with Crippen molar-refractivity contribution in [3.05, 3.63) is 0 Å². The van der Waals surface area contributed by atoms with Gasteiger partial charge >= 0.3 is 0 Å². The van der Waals surface area contributed by atoms with E-state index in [9.17, 15) is 5.11 Å². The molecular weight excluding hydrogens is 134 g/mol. The van der Waals surface area contributed by atoms with E-state index in [1.807, 2.05) is 0 Å². The van der Waals surface area contributed by atoms with Gasteiger partial charge in [-0.2, -0.15) is 0 Å². The number of aliphatic hydroxyl groups excluding tert-OH is 3. The van der Waals surface area contributed by atoms with Gasteiger partial charge in [0, 0.05) is 6.54 Å². The van der Waals surface area contributed by atoms with Crippen LogP contribution in [0.4, 0.5) is 0 Å². The van der Waals surface area contributed by atoms with Crippen molar-refractivity contribution in [1.29, 1.82) is 0 Å². The Morgan fingerprint density at radius 3 is 2.50 bits per heavy atom. The SMILES string of the molecule is OC[C@@H]1[C@@H](O)CCN1CO. The van der Waals surface area contributed by atoms with Gasteiger partial charge < -0.3 is 15.3 Å². The number of likely N-dealkylation sites (tertiary alicyclic amines) is 1. The second-order valence-corrected chi connectivity index (χ2v) is 2.56. The first-order valence-electron chi connectivity index (χ1n) is 3.43. The average Bonchev–Trinajstić information content (AvgIpc) is 2.30. The minimum Gasteiger partial charge on any atom is -0.395 e. The predicted molar refractivity (Wildman–Crippen MR) is 35.3 cm³/mol. The Morgan fingerprint density at radius 2 is 2.10 bits per heavy atom. The zero-order valence-electron chi connectivity index (χ0n) is 5.77. The van der Waals surface area contributed by atoms with Crippen molar-refractivity contribution in [3.63, 3.8) is 0 Å². The molecule has 0 unspecified atom stereocenters.